The predicted octanol–water partition coefficient (Wildman–Crippen LogP) is 5.47. The summed E-state index contributed by atoms with van der Waals surface area (Å²) in [4.78, 5) is 18.2. The minimum Gasteiger partial charge on any atom is -0.449 e. The zero-order chi connectivity index (χ0) is 21.2. The second-order valence-electron chi connectivity index (χ2n) is 7.85. The topological polar surface area (TPSA) is 78.1 Å². The molecule has 0 spiro atoms. The molecule has 1 aliphatic rings. The van der Waals surface area contributed by atoms with Gasteiger partial charge in [0.25, 0.3) is 5.89 Å². The first-order chi connectivity index (χ1) is 15.2. The molecule has 6 heteroatoms. The molecule has 156 valence electrons. The summed E-state index contributed by atoms with van der Waals surface area (Å²) in [6, 6.07) is 17.3. The highest BCUT2D eigenvalue weighted by Gasteiger charge is 2.26. The fourth-order valence-corrected chi connectivity index (χ4v) is 4.15. The van der Waals surface area contributed by atoms with Gasteiger partial charge in [0, 0.05) is 16.6 Å². The molecular weight excluding hydrogens is 390 g/mol. The first-order valence-corrected chi connectivity index (χ1v) is 10.7. The molecule has 0 bridgehead atoms. The van der Waals surface area contributed by atoms with Gasteiger partial charge in [-0.2, -0.15) is 0 Å². The average molecular weight is 413 g/mol. The second-order valence-corrected chi connectivity index (χ2v) is 7.85. The van der Waals surface area contributed by atoms with E-state index in [-0.39, 0.29) is 11.9 Å². The Labute approximate surface area is 180 Å². The van der Waals surface area contributed by atoms with Gasteiger partial charge in [-0.05, 0) is 56.4 Å². The number of esters is 1. The van der Waals surface area contributed by atoms with Crippen LogP contribution in [0.15, 0.2) is 59.0 Å². The lowest BCUT2D eigenvalue weighted by Gasteiger charge is -2.16. The van der Waals surface area contributed by atoms with E-state index in [1.165, 1.54) is 0 Å². The number of carbonyl (C=O) groups is 1. The number of rotatable bonds is 4. The summed E-state index contributed by atoms with van der Waals surface area (Å²) in [5, 5.41) is 9.03. The Morgan fingerprint density at radius 3 is 2.61 bits per heavy atom. The van der Waals surface area contributed by atoms with Gasteiger partial charge in [-0.15, -0.1) is 10.2 Å². The predicted molar refractivity (Wildman–Crippen MR) is 117 cm³/mol. The van der Waals surface area contributed by atoms with E-state index in [4.69, 9.17) is 14.1 Å². The molecule has 0 amide bonds. The van der Waals surface area contributed by atoms with Crippen LogP contribution in [0.2, 0.25) is 0 Å². The molecule has 6 nitrogen and oxygen atoms in total. The van der Waals surface area contributed by atoms with Crippen molar-refractivity contribution in [2.24, 2.45) is 0 Å². The molecule has 0 N–H and O–H groups in total. The van der Waals surface area contributed by atoms with E-state index in [0.717, 1.165) is 59.8 Å². The number of pyridine rings is 1. The highest BCUT2D eigenvalue weighted by Crippen LogP contribution is 2.31. The number of hydrogen-bond acceptors (Lipinski definition) is 6. The maximum absolute atomic E-state index is 13.4. The third kappa shape index (κ3) is 3.81. The Hall–Kier alpha value is -3.54. The Morgan fingerprint density at radius 2 is 1.74 bits per heavy atom. The van der Waals surface area contributed by atoms with Gasteiger partial charge in [0.05, 0.1) is 11.1 Å². The number of aromatic nitrogens is 3. The van der Waals surface area contributed by atoms with E-state index >= 15 is 0 Å². The lowest BCUT2D eigenvalue weighted by Crippen LogP contribution is -2.14. The molecule has 2 heterocycles. The molecule has 0 saturated heterocycles. The summed E-state index contributed by atoms with van der Waals surface area (Å²) in [7, 11) is 0. The van der Waals surface area contributed by atoms with Crippen molar-refractivity contribution in [3.8, 4) is 11.5 Å². The molecule has 31 heavy (non-hydrogen) atoms. The number of aryl methyl sites for hydroxylation is 1. The normalized spacial score (nSPS) is 14.6. The molecule has 5 rings (SSSR count). The Kier molecular flexibility index (Phi) is 5.20. The maximum atomic E-state index is 13.4. The van der Waals surface area contributed by atoms with Crippen molar-refractivity contribution < 1.29 is 13.9 Å². The zero-order valence-corrected chi connectivity index (χ0v) is 17.4. The fraction of sp³-hybridized carbons (Fsp3) is 0.280. The van der Waals surface area contributed by atoms with E-state index < -0.39 is 6.10 Å². The molecular formula is C25H23N3O3. The number of para-hydroxylation sites is 1. The molecule has 0 radical (unpaired) electrons. The smallest absolute Gasteiger partial charge is 0.339 e. The Morgan fingerprint density at radius 1 is 0.968 bits per heavy atom. The van der Waals surface area contributed by atoms with Crippen molar-refractivity contribution >= 4 is 16.9 Å². The van der Waals surface area contributed by atoms with Gasteiger partial charge >= 0.3 is 5.97 Å². The van der Waals surface area contributed by atoms with Crippen LogP contribution >= 0.6 is 0 Å². The van der Waals surface area contributed by atoms with Crippen molar-refractivity contribution in [2.75, 3.05) is 0 Å². The zero-order valence-electron chi connectivity index (χ0n) is 17.4. The maximum Gasteiger partial charge on any atom is 0.339 e. The summed E-state index contributed by atoms with van der Waals surface area (Å²) in [6.45, 7) is 1.75. The Balaban J connectivity index is 1.47. The van der Waals surface area contributed by atoms with Crippen LogP contribution in [0.3, 0.4) is 0 Å². The molecule has 1 aliphatic carbocycles. The molecule has 0 fully saturated rings. The van der Waals surface area contributed by atoms with Gasteiger partial charge in [-0.3, -0.25) is 4.98 Å². The van der Waals surface area contributed by atoms with Gasteiger partial charge in [-0.1, -0.05) is 42.8 Å². The van der Waals surface area contributed by atoms with Crippen LogP contribution in [-0.4, -0.2) is 21.2 Å². The SMILES string of the molecule is C[C@H](OC(=O)c1c2c(nc3ccccc13)CCCCC2)c1nnc(-c2ccccc2)o1. The van der Waals surface area contributed by atoms with Crippen LogP contribution in [0, 0.1) is 0 Å². The van der Waals surface area contributed by atoms with Crippen LogP contribution < -0.4 is 0 Å². The molecule has 2 aromatic heterocycles. The van der Waals surface area contributed by atoms with Crippen molar-refractivity contribution in [2.45, 2.75) is 45.1 Å². The first kappa shape index (κ1) is 19.4. The standard InChI is InChI=1S/C25H23N3O3/c1-16(23-27-28-24(31-23)17-10-4-2-5-11-17)30-25(29)22-18-12-6-3-7-14-20(18)26-21-15-9-8-13-19(21)22/h2,4-5,8-11,13,15-16H,3,6-7,12,14H2,1H3/t16-/m0/s1. The first-order valence-electron chi connectivity index (χ1n) is 10.7. The molecule has 4 aromatic rings. The van der Waals surface area contributed by atoms with E-state index in [2.05, 4.69) is 10.2 Å². The quantitative estimate of drug-likeness (QED) is 0.326. The van der Waals surface area contributed by atoms with Gasteiger partial charge in [0.15, 0.2) is 6.10 Å². The summed E-state index contributed by atoms with van der Waals surface area (Å²) < 4.78 is 11.6. The van der Waals surface area contributed by atoms with Gasteiger partial charge in [0.1, 0.15) is 0 Å². The second kappa shape index (κ2) is 8.30. The number of carbonyl (C=O) groups excluding carboxylic acids is 1. The monoisotopic (exact) mass is 413 g/mol. The molecule has 0 saturated carbocycles. The number of hydrogen-bond donors (Lipinski definition) is 0. The summed E-state index contributed by atoms with van der Waals surface area (Å²) in [5.74, 6) is 0.307. The van der Waals surface area contributed by atoms with Crippen molar-refractivity contribution in [1.82, 2.24) is 15.2 Å². The molecule has 2 aromatic carbocycles. The van der Waals surface area contributed by atoms with Crippen molar-refractivity contribution in [3.63, 3.8) is 0 Å². The molecule has 0 aliphatic heterocycles. The van der Waals surface area contributed by atoms with E-state index in [0.29, 0.717) is 11.5 Å². The Bertz CT molecular complexity index is 1230. The van der Waals surface area contributed by atoms with E-state index in [1.807, 2.05) is 54.6 Å². The minimum atomic E-state index is -0.661. The van der Waals surface area contributed by atoms with Crippen LogP contribution in [-0.2, 0) is 17.6 Å². The summed E-state index contributed by atoms with van der Waals surface area (Å²) >= 11 is 0. The third-order valence-electron chi connectivity index (χ3n) is 5.72. The lowest BCUT2D eigenvalue weighted by molar-refractivity contribution is 0.0280. The highest BCUT2D eigenvalue weighted by molar-refractivity contribution is 6.05. The number of nitrogens with zero attached hydrogens (tertiary/aromatic N) is 3. The molecule has 0 unspecified atom stereocenters. The lowest BCUT2D eigenvalue weighted by atomic mass is 9.97. The van der Waals surface area contributed by atoms with Crippen molar-refractivity contribution in [1.29, 1.82) is 0 Å². The van der Waals surface area contributed by atoms with Gasteiger partial charge in [-0.25, -0.2) is 4.79 Å². The van der Waals surface area contributed by atoms with Gasteiger partial charge < -0.3 is 9.15 Å². The largest absolute Gasteiger partial charge is 0.449 e. The van der Waals surface area contributed by atoms with Crippen molar-refractivity contribution in [3.05, 3.63) is 77.3 Å². The highest BCUT2D eigenvalue weighted by atomic mass is 16.6. The number of benzene rings is 2. The number of ether oxygens (including phenoxy) is 1. The molecule has 1 atom stereocenters. The average Bonchev–Trinajstić information content (AvgIpc) is 3.18. The van der Waals surface area contributed by atoms with Gasteiger partial charge in [0.2, 0.25) is 5.89 Å². The summed E-state index contributed by atoms with van der Waals surface area (Å²) in [5.41, 5.74) is 4.30. The number of fused-ring (bicyclic) bond motifs is 2. The minimum absolute atomic E-state index is 0.275. The van der Waals surface area contributed by atoms with E-state index in [9.17, 15) is 4.79 Å². The third-order valence-corrected chi connectivity index (χ3v) is 5.72. The van der Waals surface area contributed by atoms with E-state index in [1.54, 1.807) is 6.92 Å². The van der Waals surface area contributed by atoms with Crippen LogP contribution in [0.1, 0.15) is 59.8 Å². The fourth-order valence-electron chi connectivity index (χ4n) is 4.15. The van der Waals surface area contributed by atoms with Crippen LogP contribution in [0.25, 0.3) is 22.4 Å². The summed E-state index contributed by atoms with van der Waals surface area (Å²) in [6.07, 6.45) is 4.35. The van der Waals surface area contributed by atoms with Crippen LogP contribution in [0.4, 0.5) is 0 Å². The van der Waals surface area contributed by atoms with Crippen LogP contribution in [0.5, 0.6) is 0 Å².